The summed E-state index contributed by atoms with van der Waals surface area (Å²) in [7, 11) is 4.60. The first-order valence-corrected chi connectivity index (χ1v) is 6.78. The van der Waals surface area contributed by atoms with Crippen LogP contribution in [0.4, 0.5) is 0 Å². The molecule has 0 atom stereocenters. The van der Waals surface area contributed by atoms with Crippen LogP contribution in [0.15, 0.2) is 29.5 Å². The molecule has 0 aliphatic rings. The van der Waals surface area contributed by atoms with E-state index in [9.17, 15) is 4.79 Å². The van der Waals surface area contributed by atoms with Crippen LogP contribution in [0.3, 0.4) is 0 Å². The van der Waals surface area contributed by atoms with Crippen LogP contribution in [0.25, 0.3) is 0 Å². The third kappa shape index (κ3) is 4.22. The molecular formula is C15H18N4O4. The summed E-state index contributed by atoms with van der Waals surface area (Å²) in [4.78, 5) is 11.7. The highest BCUT2D eigenvalue weighted by Crippen LogP contribution is 2.37. The molecule has 122 valence electrons. The Kier molecular flexibility index (Phi) is 5.56. The van der Waals surface area contributed by atoms with Gasteiger partial charge in [0.2, 0.25) is 11.7 Å². The first kappa shape index (κ1) is 16.3. The largest absolute Gasteiger partial charge is 0.493 e. The number of benzene rings is 1. The number of hydrazone groups is 1. The zero-order valence-electron chi connectivity index (χ0n) is 13.1. The molecule has 0 saturated carbocycles. The maximum Gasteiger partial charge on any atom is 0.246 e. The molecule has 8 heteroatoms. The minimum absolute atomic E-state index is 0.173. The molecule has 0 aliphatic heterocycles. The van der Waals surface area contributed by atoms with E-state index in [4.69, 9.17) is 14.2 Å². The molecule has 1 aromatic heterocycles. The zero-order chi connectivity index (χ0) is 16.7. The maximum atomic E-state index is 11.7. The van der Waals surface area contributed by atoms with Crippen molar-refractivity contribution in [2.24, 2.45) is 5.10 Å². The van der Waals surface area contributed by atoms with Gasteiger partial charge < -0.3 is 14.2 Å². The molecule has 0 bridgehead atoms. The summed E-state index contributed by atoms with van der Waals surface area (Å²) >= 11 is 0. The van der Waals surface area contributed by atoms with Gasteiger partial charge in [-0.15, -0.1) is 0 Å². The number of aromatic nitrogens is 2. The predicted molar refractivity (Wildman–Crippen MR) is 84.1 cm³/mol. The Morgan fingerprint density at radius 2 is 1.96 bits per heavy atom. The van der Waals surface area contributed by atoms with Gasteiger partial charge in [-0.05, 0) is 18.2 Å². The molecule has 0 fully saturated rings. The monoisotopic (exact) mass is 318 g/mol. The summed E-state index contributed by atoms with van der Waals surface area (Å²) in [5, 5.41) is 10.4. The van der Waals surface area contributed by atoms with Gasteiger partial charge in [0.1, 0.15) is 0 Å². The van der Waals surface area contributed by atoms with Crippen LogP contribution in [0.5, 0.6) is 17.2 Å². The van der Waals surface area contributed by atoms with Gasteiger partial charge in [-0.2, -0.15) is 10.2 Å². The van der Waals surface area contributed by atoms with E-state index in [1.165, 1.54) is 27.5 Å². The van der Waals surface area contributed by atoms with E-state index in [-0.39, 0.29) is 12.3 Å². The van der Waals surface area contributed by atoms with Gasteiger partial charge >= 0.3 is 0 Å². The first-order valence-electron chi connectivity index (χ1n) is 6.78. The summed E-state index contributed by atoms with van der Waals surface area (Å²) in [6.45, 7) is 0. The Morgan fingerprint density at radius 1 is 1.26 bits per heavy atom. The summed E-state index contributed by atoms with van der Waals surface area (Å²) in [6, 6.07) is 5.18. The normalized spacial score (nSPS) is 10.6. The number of nitrogens with zero attached hydrogens (tertiary/aromatic N) is 2. The number of H-pyrrole nitrogens is 1. The number of rotatable bonds is 7. The second-order valence-corrected chi connectivity index (χ2v) is 4.51. The molecule has 0 unspecified atom stereocenters. The molecular weight excluding hydrogens is 300 g/mol. The lowest BCUT2D eigenvalue weighted by Gasteiger charge is -2.12. The van der Waals surface area contributed by atoms with Crippen molar-refractivity contribution in [3.05, 3.63) is 35.7 Å². The minimum Gasteiger partial charge on any atom is -0.493 e. The molecule has 23 heavy (non-hydrogen) atoms. The number of hydrogen-bond acceptors (Lipinski definition) is 6. The molecule has 0 spiro atoms. The number of aromatic amines is 1. The van der Waals surface area contributed by atoms with Gasteiger partial charge in [0.05, 0.1) is 34.0 Å². The third-order valence-electron chi connectivity index (χ3n) is 3.00. The Morgan fingerprint density at radius 3 is 2.48 bits per heavy atom. The lowest BCUT2D eigenvalue weighted by atomic mass is 10.2. The number of ether oxygens (including phenoxy) is 3. The van der Waals surface area contributed by atoms with E-state index in [2.05, 4.69) is 20.7 Å². The van der Waals surface area contributed by atoms with E-state index >= 15 is 0 Å². The van der Waals surface area contributed by atoms with Crippen molar-refractivity contribution < 1.29 is 19.0 Å². The van der Waals surface area contributed by atoms with Gasteiger partial charge in [0.25, 0.3) is 0 Å². The quantitative estimate of drug-likeness (QED) is 0.589. The third-order valence-corrected chi connectivity index (χ3v) is 3.00. The van der Waals surface area contributed by atoms with Gasteiger partial charge in [-0.25, -0.2) is 5.43 Å². The fourth-order valence-electron chi connectivity index (χ4n) is 1.95. The molecule has 0 radical (unpaired) electrons. The number of nitrogens with one attached hydrogen (secondary N) is 2. The molecule has 2 aromatic rings. The van der Waals surface area contributed by atoms with Crippen LogP contribution < -0.4 is 19.6 Å². The van der Waals surface area contributed by atoms with Crippen molar-refractivity contribution in [2.45, 2.75) is 6.42 Å². The van der Waals surface area contributed by atoms with Crippen LogP contribution in [0, 0.1) is 0 Å². The molecule has 1 amide bonds. The second-order valence-electron chi connectivity index (χ2n) is 4.51. The molecule has 2 rings (SSSR count). The van der Waals surface area contributed by atoms with Crippen LogP contribution >= 0.6 is 0 Å². The number of carbonyl (C=O) groups is 1. The molecule has 2 N–H and O–H groups in total. The predicted octanol–water partition coefficient (Wildman–Crippen LogP) is 1.13. The molecule has 0 saturated heterocycles. The van der Waals surface area contributed by atoms with Gasteiger partial charge in [-0.3, -0.25) is 9.89 Å². The standard InChI is InChI=1S/C15H18N4O4/c1-21-12-6-10(7-13(22-2)15(12)23-3)9-17-19-14(20)8-11-4-5-16-18-11/h4-7,9H,8H2,1-3H3,(H,16,18)(H,19,20). The smallest absolute Gasteiger partial charge is 0.246 e. The van der Waals surface area contributed by atoms with E-state index in [0.29, 0.717) is 28.5 Å². The Balaban J connectivity index is 2.05. The van der Waals surface area contributed by atoms with E-state index in [1.54, 1.807) is 24.4 Å². The van der Waals surface area contributed by atoms with Crippen LogP contribution in [-0.4, -0.2) is 43.6 Å². The van der Waals surface area contributed by atoms with E-state index in [1.807, 2.05) is 0 Å². The second kappa shape index (κ2) is 7.83. The van der Waals surface area contributed by atoms with Crippen molar-refractivity contribution >= 4 is 12.1 Å². The highest BCUT2D eigenvalue weighted by molar-refractivity contribution is 5.84. The topological polar surface area (TPSA) is 97.8 Å². The number of carbonyl (C=O) groups excluding carboxylic acids is 1. The summed E-state index contributed by atoms with van der Waals surface area (Å²) < 4.78 is 15.7. The summed E-state index contributed by atoms with van der Waals surface area (Å²) in [6.07, 6.45) is 3.25. The zero-order valence-corrected chi connectivity index (χ0v) is 13.1. The van der Waals surface area contributed by atoms with Crippen molar-refractivity contribution in [2.75, 3.05) is 21.3 Å². The molecule has 1 heterocycles. The summed E-state index contributed by atoms with van der Waals surface area (Å²) in [5.41, 5.74) is 3.85. The lowest BCUT2D eigenvalue weighted by molar-refractivity contribution is -0.120. The minimum atomic E-state index is -0.252. The highest BCUT2D eigenvalue weighted by Gasteiger charge is 2.12. The highest BCUT2D eigenvalue weighted by atomic mass is 16.5. The lowest BCUT2D eigenvalue weighted by Crippen LogP contribution is -2.19. The van der Waals surface area contributed by atoms with Crippen LogP contribution in [0.2, 0.25) is 0 Å². The Hall–Kier alpha value is -3.03. The van der Waals surface area contributed by atoms with Crippen LogP contribution in [0.1, 0.15) is 11.3 Å². The first-order chi connectivity index (χ1) is 11.2. The van der Waals surface area contributed by atoms with E-state index in [0.717, 1.165) is 0 Å². The molecule has 1 aromatic carbocycles. The SMILES string of the molecule is COc1cc(C=NNC(=O)Cc2ccn[nH]2)cc(OC)c1OC. The van der Waals surface area contributed by atoms with Crippen molar-refractivity contribution in [1.29, 1.82) is 0 Å². The van der Waals surface area contributed by atoms with Gasteiger partial charge in [0.15, 0.2) is 11.5 Å². The van der Waals surface area contributed by atoms with Crippen molar-refractivity contribution in [3.63, 3.8) is 0 Å². The molecule has 8 nitrogen and oxygen atoms in total. The van der Waals surface area contributed by atoms with Crippen molar-refractivity contribution in [1.82, 2.24) is 15.6 Å². The fraction of sp³-hybridized carbons (Fsp3) is 0.267. The Bertz CT molecular complexity index is 658. The van der Waals surface area contributed by atoms with Gasteiger partial charge in [-0.1, -0.05) is 0 Å². The fourth-order valence-corrected chi connectivity index (χ4v) is 1.95. The summed E-state index contributed by atoms with van der Waals surface area (Å²) in [5.74, 6) is 1.27. The number of hydrogen-bond donors (Lipinski definition) is 2. The molecule has 0 aliphatic carbocycles. The van der Waals surface area contributed by atoms with Crippen molar-refractivity contribution in [3.8, 4) is 17.2 Å². The Labute approximate surface area is 133 Å². The average molecular weight is 318 g/mol. The van der Waals surface area contributed by atoms with Gasteiger partial charge in [0, 0.05) is 17.5 Å². The number of amides is 1. The maximum absolute atomic E-state index is 11.7. The van der Waals surface area contributed by atoms with E-state index < -0.39 is 0 Å². The number of methoxy groups -OCH3 is 3. The average Bonchev–Trinajstić information content (AvgIpc) is 3.06. The van der Waals surface area contributed by atoms with Crippen LogP contribution in [-0.2, 0) is 11.2 Å².